The summed E-state index contributed by atoms with van der Waals surface area (Å²) >= 11 is 0. The molecule has 3 aromatic rings. The lowest BCUT2D eigenvalue weighted by atomic mass is 10.1. The minimum atomic E-state index is -0.252. The van der Waals surface area contributed by atoms with Crippen LogP contribution >= 0.6 is 0 Å². The maximum Gasteiger partial charge on any atom is 0.235 e. The summed E-state index contributed by atoms with van der Waals surface area (Å²) in [6.07, 6.45) is 3.50. The molecule has 5 nitrogen and oxygen atoms in total. The van der Waals surface area contributed by atoms with Gasteiger partial charge in [-0.25, -0.2) is 0 Å². The number of fused-ring (bicyclic) bond motifs is 1. The highest BCUT2D eigenvalue weighted by molar-refractivity contribution is 5.83. The van der Waals surface area contributed by atoms with E-state index in [9.17, 15) is 9.90 Å². The fraction of sp³-hybridized carbons (Fsp3) is 0.348. The Kier molecular flexibility index (Phi) is 6.05. The zero-order valence-corrected chi connectivity index (χ0v) is 16.9. The van der Waals surface area contributed by atoms with Crippen LogP contribution in [0.15, 0.2) is 45.8 Å². The van der Waals surface area contributed by atoms with Crippen molar-refractivity contribution in [1.82, 2.24) is 4.90 Å². The van der Waals surface area contributed by atoms with E-state index in [0.717, 1.165) is 30.5 Å². The number of aromatic hydroxyl groups is 1. The molecule has 1 aromatic heterocycles. The van der Waals surface area contributed by atoms with Gasteiger partial charge in [-0.1, -0.05) is 19.4 Å². The first-order valence-corrected chi connectivity index (χ1v) is 9.60. The molecule has 0 radical (unpaired) electrons. The Morgan fingerprint density at radius 3 is 2.54 bits per heavy atom. The zero-order chi connectivity index (χ0) is 20.3. The number of phenolic OH excluding ortho intramolecular Hbond substituents is 1. The molecule has 0 unspecified atom stereocenters. The van der Waals surface area contributed by atoms with Crippen LogP contribution in [0.4, 0.5) is 0 Å². The molecule has 2 aromatic carbocycles. The van der Waals surface area contributed by atoms with E-state index in [4.69, 9.17) is 9.15 Å². The minimum absolute atomic E-state index is 0.127. The Balaban J connectivity index is 1.97. The summed E-state index contributed by atoms with van der Waals surface area (Å²) in [6, 6.07) is 8.92. The lowest BCUT2D eigenvalue weighted by Crippen LogP contribution is -2.19. The first-order valence-electron chi connectivity index (χ1n) is 9.60. The molecule has 1 N–H and O–H groups in total. The number of nitrogens with zero attached hydrogens (tertiary/aromatic N) is 1. The van der Waals surface area contributed by atoms with Gasteiger partial charge >= 0.3 is 0 Å². The number of phenols is 1. The standard InChI is InChI=1S/C23H27NO4/c1-5-6-9-24(4)13-19-20(25)8-7-18-22(26)21(14-27-23(18)19)28-17-11-15(2)10-16(3)12-17/h7-8,10-12,14,25H,5-6,9,13H2,1-4H3. The third-order valence-corrected chi connectivity index (χ3v) is 4.73. The molecule has 0 amide bonds. The molecule has 3 rings (SSSR count). The summed E-state index contributed by atoms with van der Waals surface area (Å²) in [4.78, 5) is 15.1. The van der Waals surface area contributed by atoms with Crippen molar-refractivity contribution in [2.75, 3.05) is 13.6 Å². The number of ether oxygens (including phenoxy) is 1. The Bertz CT molecular complexity index is 1020. The van der Waals surface area contributed by atoms with E-state index < -0.39 is 0 Å². The van der Waals surface area contributed by atoms with Crippen LogP contribution in [0, 0.1) is 13.8 Å². The summed E-state index contributed by atoms with van der Waals surface area (Å²) in [5.74, 6) is 0.859. The maximum atomic E-state index is 12.9. The van der Waals surface area contributed by atoms with Gasteiger partial charge in [0, 0.05) is 6.54 Å². The van der Waals surface area contributed by atoms with Crippen molar-refractivity contribution in [3.05, 3.63) is 63.5 Å². The molecular formula is C23H27NO4. The number of hydrogen-bond acceptors (Lipinski definition) is 5. The molecule has 0 atom stereocenters. The minimum Gasteiger partial charge on any atom is -0.507 e. The second-order valence-electron chi connectivity index (χ2n) is 7.39. The highest BCUT2D eigenvalue weighted by Crippen LogP contribution is 2.29. The molecule has 0 bridgehead atoms. The summed E-state index contributed by atoms with van der Waals surface area (Å²) in [6.45, 7) is 7.51. The number of hydrogen-bond donors (Lipinski definition) is 1. The van der Waals surface area contributed by atoms with Crippen LogP contribution in [0.1, 0.15) is 36.5 Å². The second kappa shape index (κ2) is 8.48. The van der Waals surface area contributed by atoms with Gasteiger partial charge in [-0.3, -0.25) is 4.79 Å². The van der Waals surface area contributed by atoms with E-state index in [0.29, 0.717) is 28.8 Å². The Hall–Kier alpha value is -2.79. The van der Waals surface area contributed by atoms with Gasteiger partial charge in [-0.2, -0.15) is 0 Å². The van der Waals surface area contributed by atoms with Gasteiger partial charge in [0.05, 0.1) is 10.9 Å². The lowest BCUT2D eigenvalue weighted by molar-refractivity contribution is 0.314. The third kappa shape index (κ3) is 4.37. The Morgan fingerprint density at radius 1 is 1.14 bits per heavy atom. The summed E-state index contributed by atoms with van der Waals surface area (Å²) in [7, 11) is 1.99. The molecule has 0 saturated heterocycles. The van der Waals surface area contributed by atoms with Crippen LogP contribution in [0.2, 0.25) is 0 Å². The molecular weight excluding hydrogens is 354 g/mol. The largest absolute Gasteiger partial charge is 0.507 e. The maximum absolute atomic E-state index is 12.9. The van der Waals surface area contributed by atoms with Gasteiger partial charge in [0.2, 0.25) is 11.2 Å². The van der Waals surface area contributed by atoms with Crippen LogP contribution < -0.4 is 10.2 Å². The molecule has 0 saturated carbocycles. The molecule has 148 valence electrons. The molecule has 5 heteroatoms. The van der Waals surface area contributed by atoms with Gasteiger partial charge in [-0.15, -0.1) is 0 Å². The molecule has 0 aliphatic heterocycles. The third-order valence-electron chi connectivity index (χ3n) is 4.73. The number of rotatable bonds is 7. The number of unbranched alkanes of at least 4 members (excludes halogenated alkanes) is 1. The van der Waals surface area contributed by atoms with Crippen LogP contribution in [-0.4, -0.2) is 23.6 Å². The smallest absolute Gasteiger partial charge is 0.235 e. The average Bonchev–Trinajstić information content (AvgIpc) is 2.63. The molecule has 0 fully saturated rings. The van der Waals surface area contributed by atoms with Gasteiger partial charge in [0.1, 0.15) is 23.3 Å². The predicted molar refractivity (Wildman–Crippen MR) is 111 cm³/mol. The van der Waals surface area contributed by atoms with Crippen LogP contribution in [0.25, 0.3) is 11.0 Å². The molecule has 0 aliphatic carbocycles. The van der Waals surface area contributed by atoms with Gasteiger partial charge in [0.25, 0.3) is 0 Å². The summed E-state index contributed by atoms with van der Waals surface area (Å²) in [5.41, 5.74) is 2.88. The van der Waals surface area contributed by atoms with Gasteiger partial charge < -0.3 is 19.2 Å². The van der Waals surface area contributed by atoms with Crippen molar-refractivity contribution < 1.29 is 14.3 Å². The molecule has 28 heavy (non-hydrogen) atoms. The second-order valence-corrected chi connectivity index (χ2v) is 7.39. The number of benzene rings is 2. The predicted octanol–water partition coefficient (Wildman–Crippen LogP) is 5.14. The topological polar surface area (TPSA) is 62.9 Å². The first kappa shape index (κ1) is 20.0. The van der Waals surface area contributed by atoms with Crippen molar-refractivity contribution in [2.45, 2.75) is 40.2 Å². The van der Waals surface area contributed by atoms with E-state index in [1.54, 1.807) is 12.1 Å². The summed E-state index contributed by atoms with van der Waals surface area (Å²) < 4.78 is 11.6. The normalized spacial score (nSPS) is 11.3. The lowest BCUT2D eigenvalue weighted by Gasteiger charge is -2.18. The van der Waals surface area contributed by atoms with Crippen molar-refractivity contribution in [2.24, 2.45) is 0 Å². The van der Waals surface area contributed by atoms with Crippen LogP contribution in [-0.2, 0) is 6.54 Å². The van der Waals surface area contributed by atoms with Crippen LogP contribution in [0.5, 0.6) is 17.2 Å². The fourth-order valence-electron chi connectivity index (χ4n) is 3.35. The highest BCUT2D eigenvalue weighted by Gasteiger charge is 2.16. The SMILES string of the molecule is CCCCN(C)Cc1c(O)ccc2c(=O)c(Oc3cc(C)cc(C)c3)coc12. The monoisotopic (exact) mass is 381 g/mol. The van der Waals surface area contributed by atoms with Crippen molar-refractivity contribution in [1.29, 1.82) is 0 Å². The van der Waals surface area contributed by atoms with Gasteiger partial charge in [0.15, 0.2) is 0 Å². The Labute approximate surface area is 165 Å². The molecule has 0 spiro atoms. The highest BCUT2D eigenvalue weighted by atomic mass is 16.5. The van der Waals surface area contributed by atoms with Crippen molar-refractivity contribution in [3.8, 4) is 17.2 Å². The molecule has 0 aliphatic rings. The number of aryl methyl sites for hydroxylation is 2. The van der Waals surface area contributed by atoms with E-state index in [1.165, 1.54) is 6.26 Å². The summed E-state index contributed by atoms with van der Waals surface area (Å²) in [5, 5.41) is 10.7. The van der Waals surface area contributed by atoms with Crippen molar-refractivity contribution >= 4 is 11.0 Å². The van der Waals surface area contributed by atoms with E-state index in [1.807, 2.05) is 39.1 Å². The van der Waals surface area contributed by atoms with Gasteiger partial charge in [-0.05, 0) is 69.3 Å². The zero-order valence-electron chi connectivity index (χ0n) is 16.9. The van der Waals surface area contributed by atoms with E-state index in [-0.39, 0.29) is 16.9 Å². The first-order chi connectivity index (χ1) is 13.4. The fourth-order valence-corrected chi connectivity index (χ4v) is 3.35. The van der Waals surface area contributed by atoms with Crippen LogP contribution in [0.3, 0.4) is 0 Å². The quantitative estimate of drug-likeness (QED) is 0.614. The average molecular weight is 381 g/mol. The molecule has 1 heterocycles. The Morgan fingerprint density at radius 2 is 1.86 bits per heavy atom. The van der Waals surface area contributed by atoms with E-state index >= 15 is 0 Å². The van der Waals surface area contributed by atoms with Crippen molar-refractivity contribution in [3.63, 3.8) is 0 Å². The van der Waals surface area contributed by atoms with E-state index in [2.05, 4.69) is 11.8 Å².